The van der Waals surface area contributed by atoms with Crippen LogP contribution >= 0.6 is 0 Å². The summed E-state index contributed by atoms with van der Waals surface area (Å²) in [5, 5.41) is 0. The first-order valence-electron chi connectivity index (χ1n) is 5.68. The van der Waals surface area contributed by atoms with Crippen LogP contribution in [-0.2, 0) is 23.8 Å². The molecule has 9 heteroatoms. The lowest BCUT2D eigenvalue weighted by molar-refractivity contribution is -0.150. The van der Waals surface area contributed by atoms with Crippen molar-refractivity contribution in [2.45, 2.75) is 32.2 Å². The first-order valence-corrected chi connectivity index (χ1v) is 7.09. The van der Waals surface area contributed by atoms with Crippen LogP contribution in [-0.4, -0.2) is 27.0 Å². The van der Waals surface area contributed by atoms with Gasteiger partial charge in [-0.05, 0) is 17.9 Å². The van der Waals surface area contributed by atoms with E-state index in [1.807, 2.05) is 0 Å². The van der Waals surface area contributed by atoms with Crippen LogP contribution < -0.4 is 0 Å². The molecule has 0 saturated carbocycles. The summed E-state index contributed by atoms with van der Waals surface area (Å²) in [6.45, 7) is 3.47. The maximum atomic E-state index is 12.2. The van der Waals surface area contributed by atoms with Gasteiger partial charge in [0, 0.05) is 6.42 Å². The average Bonchev–Trinajstić information content (AvgIpc) is 2.28. The number of alkyl halides is 3. The summed E-state index contributed by atoms with van der Waals surface area (Å²) in [6, 6.07) is 0. The Morgan fingerprint density at radius 3 is 2.40 bits per heavy atom. The zero-order valence-electron chi connectivity index (χ0n) is 11.2. The van der Waals surface area contributed by atoms with Gasteiger partial charge in [0.05, 0.1) is 13.0 Å². The highest BCUT2D eigenvalue weighted by atomic mass is 32.2. The second-order valence-electron chi connectivity index (χ2n) is 5.13. The van der Waals surface area contributed by atoms with E-state index in [9.17, 15) is 26.4 Å². The number of halogens is 3. The van der Waals surface area contributed by atoms with E-state index >= 15 is 0 Å². The fraction of sp³-hybridized carbons (Fsp3) is 0.727. The first-order chi connectivity index (χ1) is 8.90. The lowest BCUT2D eigenvalue weighted by atomic mass is 9.71. The van der Waals surface area contributed by atoms with Gasteiger partial charge in [-0.3, -0.25) is 4.79 Å². The third-order valence-corrected chi connectivity index (χ3v) is 4.19. The second-order valence-corrected chi connectivity index (χ2v) is 6.66. The Bertz CT molecular complexity index is 519. The lowest BCUT2D eigenvalue weighted by Crippen LogP contribution is -2.36. The highest BCUT2D eigenvalue weighted by molar-refractivity contribution is 7.87. The van der Waals surface area contributed by atoms with Crippen molar-refractivity contribution >= 4 is 16.1 Å². The molecule has 0 bridgehead atoms. The summed E-state index contributed by atoms with van der Waals surface area (Å²) in [7, 11) is -4.55. The number of hydrogen-bond acceptors (Lipinski definition) is 5. The maximum Gasteiger partial charge on any atom is 0.534 e. The monoisotopic (exact) mass is 316 g/mol. The summed E-state index contributed by atoms with van der Waals surface area (Å²) in [6.07, 6.45) is 1.20. The minimum atomic E-state index is -5.71. The Labute approximate surface area is 114 Å². The largest absolute Gasteiger partial charge is 0.534 e. The van der Waals surface area contributed by atoms with E-state index in [-0.39, 0.29) is 12.8 Å². The smallest absolute Gasteiger partial charge is 0.469 e. The van der Waals surface area contributed by atoms with Gasteiger partial charge < -0.3 is 8.92 Å². The molecular formula is C11H15F3O5S. The van der Waals surface area contributed by atoms with Crippen molar-refractivity contribution < 1.29 is 35.3 Å². The van der Waals surface area contributed by atoms with Crippen LogP contribution in [0.5, 0.6) is 0 Å². The third-order valence-electron chi connectivity index (χ3n) is 3.19. The third kappa shape index (κ3) is 3.44. The molecule has 0 aromatic rings. The zero-order valence-corrected chi connectivity index (χ0v) is 12.0. The molecule has 0 N–H and O–H groups in total. The van der Waals surface area contributed by atoms with Crippen LogP contribution in [0.25, 0.3) is 0 Å². The molecule has 0 aromatic heterocycles. The molecule has 0 amide bonds. The Morgan fingerprint density at radius 1 is 1.40 bits per heavy atom. The van der Waals surface area contributed by atoms with Gasteiger partial charge in [-0.1, -0.05) is 13.8 Å². The van der Waals surface area contributed by atoms with Gasteiger partial charge in [0.1, 0.15) is 5.76 Å². The standard InChI is InChI=1S/C11H15F3O5S/c1-10(2)5-4-7(6-8(10)9(15)18-3)19-20(16,17)11(12,13)14/h4,8H,5-6H2,1-3H3/t8-/m1/s1. The molecule has 0 fully saturated rings. The highest BCUT2D eigenvalue weighted by Gasteiger charge is 2.50. The molecule has 1 aliphatic carbocycles. The van der Waals surface area contributed by atoms with Crippen LogP contribution in [0, 0.1) is 11.3 Å². The van der Waals surface area contributed by atoms with E-state index in [2.05, 4.69) is 8.92 Å². The minimum absolute atomic E-state index is 0.204. The van der Waals surface area contributed by atoms with Gasteiger partial charge in [-0.25, -0.2) is 0 Å². The van der Waals surface area contributed by atoms with Gasteiger partial charge in [0.15, 0.2) is 0 Å². The molecule has 1 aliphatic rings. The van der Waals surface area contributed by atoms with E-state index < -0.39 is 38.7 Å². The van der Waals surface area contributed by atoms with Crippen LogP contribution in [0.4, 0.5) is 13.2 Å². The SMILES string of the molecule is COC(=O)[C@H]1CC(OS(=O)(=O)C(F)(F)F)=CCC1(C)C. The molecule has 0 saturated heterocycles. The van der Waals surface area contributed by atoms with E-state index in [0.717, 1.165) is 7.11 Å². The van der Waals surface area contributed by atoms with Crippen molar-refractivity contribution in [1.29, 1.82) is 0 Å². The molecule has 0 aromatic carbocycles. The Kier molecular flexibility index (Phi) is 4.42. The van der Waals surface area contributed by atoms with E-state index in [1.54, 1.807) is 13.8 Å². The van der Waals surface area contributed by atoms with Gasteiger partial charge in [0.25, 0.3) is 0 Å². The summed E-state index contributed by atoms with van der Waals surface area (Å²) < 4.78 is 67.2. The Morgan fingerprint density at radius 2 is 1.95 bits per heavy atom. The van der Waals surface area contributed by atoms with E-state index in [0.29, 0.717) is 0 Å². The summed E-state index contributed by atoms with van der Waals surface area (Å²) in [5.74, 6) is -1.78. The van der Waals surface area contributed by atoms with Crippen molar-refractivity contribution in [3.8, 4) is 0 Å². The van der Waals surface area contributed by atoms with Gasteiger partial charge in [-0.2, -0.15) is 21.6 Å². The topological polar surface area (TPSA) is 69.7 Å². The average molecular weight is 316 g/mol. The number of rotatable bonds is 3. The molecule has 0 unspecified atom stereocenters. The number of carbonyl (C=O) groups excluding carboxylic acids is 1. The number of carbonyl (C=O) groups is 1. The highest BCUT2D eigenvalue weighted by Crippen LogP contribution is 2.42. The fourth-order valence-corrected chi connectivity index (χ4v) is 2.39. The van der Waals surface area contributed by atoms with Gasteiger partial charge >= 0.3 is 21.6 Å². The number of ether oxygens (including phenoxy) is 1. The van der Waals surface area contributed by atoms with Crippen LogP contribution in [0.3, 0.4) is 0 Å². The normalized spacial score (nSPS) is 22.9. The molecule has 1 rings (SSSR count). The molecule has 0 aliphatic heterocycles. The summed E-state index contributed by atoms with van der Waals surface area (Å²) in [4.78, 5) is 11.6. The number of allylic oxidation sites excluding steroid dienone is 2. The molecule has 20 heavy (non-hydrogen) atoms. The van der Waals surface area contributed by atoms with Crippen molar-refractivity contribution in [2.75, 3.05) is 7.11 Å². The molecule has 0 heterocycles. The van der Waals surface area contributed by atoms with Crippen molar-refractivity contribution in [3.63, 3.8) is 0 Å². The van der Waals surface area contributed by atoms with Crippen molar-refractivity contribution in [1.82, 2.24) is 0 Å². The number of esters is 1. The fourth-order valence-electron chi connectivity index (χ4n) is 1.88. The minimum Gasteiger partial charge on any atom is -0.469 e. The lowest BCUT2D eigenvalue weighted by Gasteiger charge is -2.35. The van der Waals surface area contributed by atoms with E-state index in [4.69, 9.17) is 0 Å². The Hall–Kier alpha value is -1.25. The van der Waals surface area contributed by atoms with Gasteiger partial charge in [-0.15, -0.1) is 0 Å². The first kappa shape index (κ1) is 16.8. The molecule has 0 radical (unpaired) electrons. The van der Waals surface area contributed by atoms with Crippen LogP contribution in [0.15, 0.2) is 11.8 Å². The molecule has 116 valence electrons. The Balaban J connectivity index is 2.96. The zero-order chi connectivity index (χ0) is 15.8. The van der Waals surface area contributed by atoms with Crippen LogP contribution in [0.1, 0.15) is 26.7 Å². The number of hydrogen-bond donors (Lipinski definition) is 0. The summed E-state index contributed by atoms with van der Waals surface area (Å²) in [5.41, 5.74) is -6.05. The van der Waals surface area contributed by atoms with Crippen LogP contribution in [0.2, 0.25) is 0 Å². The summed E-state index contributed by atoms with van der Waals surface area (Å²) >= 11 is 0. The molecule has 5 nitrogen and oxygen atoms in total. The molecule has 1 atom stereocenters. The number of methoxy groups -OCH3 is 1. The van der Waals surface area contributed by atoms with E-state index in [1.165, 1.54) is 6.08 Å². The van der Waals surface area contributed by atoms with Crippen molar-refractivity contribution in [2.24, 2.45) is 11.3 Å². The quantitative estimate of drug-likeness (QED) is 0.454. The predicted molar refractivity (Wildman–Crippen MR) is 62.7 cm³/mol. The molecular weight excluding hydrogens is 301 g/mol. The molecule has 0 spiro atoms. The van der Waals surface area contributed by atoms with Gasteiger partial charge in [0.2, 0.25) is 0 Å². The van der Waals surface area contributed by atoms with Crippen molar-refractivity contribution in [3.05, 3.63) is 11.8 Å². The second kappa shape index (κ2) is 5.27. The predicted octanol–water partition coefficient (Wildman–Crippen LogP) is 2.35. The maximum absolute atomic E-state index is 12.2.